The molecule has 18 heavy (non-hydrogen) atoms. The summed E-state index contributed by atoms with van der Waals surface area (Å²) in [5.41, 5.74) is 0.974. The molecule has 0 amide bonds. The van der Waals surface area contributed by atoms with Crippen molar-refractivity contribution < 1.29 is 13.5 Å². The van der Waals surface area contributed by atoms with E-state index < -0.39 is 5.92 Å². The second kappa shape index (κ2) is 5.43. The van der Waals surface area contributed by atoms with E-state index in [4.69, 9.17) is 16.3 Å². The van der Waals surface area contributed by atoms with Crippen molar-refractivity contribution in [2.24, 2.45) is 5.92 Å². The summed E-state index contributed by atoms with van der Waals surface area (Å²) in [6.07, 6.45) is 1.34. The van der Waals surface area contributed by atoms with Crippen LogP contribution in [0.3, 0.4) is 0 Å². The van der Waals surface area contributed by atoms with Gasteiger partial charge in [0.1, 0.15) is 5.75 Å². The topological polar surface area (TPSA) is 9.23 Å². The van der Waals surface area contributed by atoms with Crippen molar-refractivity contribution in [2.75, 3.05) is 6.61 Å². The van der Waals surface area contributed by atoms with Gasteiger partial charge in [-0.15, -0.1) is 0 Å². The zero-order valence-corrected chi connectivity index (χ0v) is 11.1. The Labute approximate surface area is 111 Å². The van der Waals surface area contributed by atoms with Gasteiger partial charge < -0.3 is 4.74 Å². The van der Waals surface area contributed by atoms with Crippen LogP contribution in [0, 0.1) is 12.8 Å². The molecule has 0 N–H and O–H groups in total. The molecule has 0 radical (unpaired) electrons. The summed E-state index contributed by atoms with van der Waals surface area (Å²) in [6, 6.07) is 5.39. The maximum absolute atomic E-state index is 13.2. The summed E-state index contributed by atoms with van der Waals surface area (Å²) >= 11 is 5.88. The van der Waals surface area contributed by atoms with Gasteiger partial charge in [0.25, 0.3) is 0 Å². The number of benzene rings is 1. The van der Waals surface area contributed by atoms with Gasteiger partial charge in [0.2, 0.25) is 5.92 Å². The smallest absolute Gasteiger partial charge is 0.248 e. The average molecular weight is 275 g/mol. The highest BCUT2D eigenvalue weighted by Crippen LogP contribution is 2.37. The number of alkyl halides is 2. The summed E-state index contributed by atoms with van der Waals surface area (Å²) in [5.74, 6) is -1.89. The molecule has 1 atom stereocenters. The molecule has 0 saturated heterocycles. The number of hydrogen-bond donors (Lipinski definition) is 0. The van der Waals surface area contributed by atoms with Crippen molar-refractivity contribution in [1.29, 1.82) is 0 Å². The van der Waals surface area contributed by atoms with Crippen LogP contribution in [0.2, 0.25) is 5.02 Å². The highest BCUT2D eigenvalue weighted by molar-refractivity contribution is 6.30. The fourth-order valence-corrected chi connectivity index (χ4v) is 2.52. The fourth-order valence-electron chi connectivity index (χ4n) is 2.36. The lowest BCUT2D eigenvalue weighted by Crippen LogP contribution is -2.29. The van der Waals surface area contributed by atoms with E-state index in [0.717, 1.165) is 12.0 Å². The van der Waals surface area contributed by atoms with Gasteiger partial charge in [-0.2, -0.15) is 0 Å². The second-order valence-electron chi connectivity index (χ2n) is 5.04. The zero-order valence-electron chi connectivity index (χ0n) is 10.4. The molecule has 1 aliphatic carbocycles. The van der Waals surface area contributed by atoms with Crippen LogP contribution in [0.5, 0.6) is 5.75 Å². The Kier molecular flexibility index (Phi) is 4.10. The Balaban J connectivity index is 1.93. The van der Waals surface area contributed by atoms with Gasteiger partial charge in [-0.05, 0) is 43.4 Å². The van der Waals surface area contributed by atoms with Gasteiger partial charge in [-0.1, -0.05) is 17.7 Å². The van der Waals surface area contributed by atoms with Gasteiger partial charge in [-0.25, -0.2) is 8.78 Å². The third kappa shape index (κ3) is 3.58. The maximum Gasteiger partial charge on any atom is 0.248 e. The molecular formula is C14H17ClF2O. The van der Waals surface area contributed by atoms with E-state index in [1.54, 1.807) is 12.1 Å². The molecule has 1 saturated carbocycles. The highest BCUT2D eigenvalue weighted by atomic mass is 35.5. The quantitative estimate of drug-likeness (QED) is 0.765. The summed E-state index contributed by atoms with van der Waals surface area (Å²) in [4.78, 5) is 0. The number of rotatable bonds is 3. The lowest BCUT2D eigenvalue weighted by atomic mass is 9.87. The SMILES string of the molecule is Cc1ccc(Cl)cc1OCC1CCCC(F)(F)C1. The van der Waals surface area contributed by atoms with Crippen LogP contribution in [0.15, 0.2) is 18.2 Å². The predicted molar refractivity (Wildman–Crippen MR) is 68.6 cm³/mol. The van der Waals surface area contributed by atoms with Gasteiger partial charge in [0.05, 0.1) is 6.61 Å². The Morgan fingerprint density at radius 2 is 2.22 bits per heavy atom. The van der Waals surface area contributed by atoms with Gasteiger partial charge in [-0.3, -0.25) is 0 Å². The predicted octanol–water partition coefficient (Wildman–Crippen LogP) is 4.85. The Hall–Kier alpha value is -0.830. The molecule has 1 fully saturated rings. The second-order valence-corrected chi connectivity index (χ2v) is 5.48. The van der Waals surface area contributed by atoms with Crippen LogP contribution in [-0.4, -0.2) is 12.5 Å². The molecule has 1 aliphatic rings. The van der Waals surface area contributed by atoms with Crippen LogP contribution in [-0.2, 0) is 0 Å². The van der Waals surface area contributed by atoms with Crippen LogP contribution in [0.25, 0.3) is 0 Å². The van der Waals surface area contributed by atoms with Crippen molar-refractivity contribution in [3.8, 4) is 5.75 Å². The molecule has 1 aromatic carbocycles. The van der Waals surface area contributed by atoms with E-state index in [-0.39, 0.29) is 18.8 Å². The van der Waals surface area contributed by atoms with Gasteiger partial charge in [0.15, 0.2) is 0 Å². The van der Waals surface area contributed by atoms with E-state index >= 15 is 0 Å². The van der Waals surface area contributed by atoms with E-state index in [9.17, 15) is 8.78 Å². The van der Waals surface area contributed by atoms with Crippen LogP contribution < -0.4 is 4.74 Å². The van der Waals surface area contributed by atoms with Crippen molar-refractivity contribution in [3.05, 3.63) is 28.8 Å². The average Bonchev–Trinajstić information content (AvgIpc) is 2.29. The number of halogens is 3. The summed E-state index contributed by atoms with van der Waals surface area (Å²) in [5, 5.41) is 0.601. The van der Waals surface area contributed by atoms with Crippen LogP contribution >= 0.6 is 11.6 Å². The van der Waals surface area contributed by atoms with Crippen molar-refractivity contribution in [1.82, 2.24) is 0 Å². The normalized spacial score (nSPS) is 22.8. The Morgan fingerprint density at radius 1 is 1.44 bits per heavy atom. The molecule has 0 spiro atoms. The minimum absolute atomic E-state index is 0.0136. The zero-order chi connectivity index (χ0) is 13.2. The van der Waals surface area contributed by atoms with Crippen molar-refractivity contribution in [3.63, 3.8) is 0 Å². The minimum Gasteiger partial charge on any atom is -0.493 e. The first kappa shape index (κ1) is 13.6. The maximum atomic E-state index is 13.2. The van der Waals surface area contributed by atoms with E-state index in [0.29, 0.717) is 23.8 Å². The first-order chi connectivity index (χ1) is 8.46. The molecule has 100 valence electrons. The van der Waals surface area contributed by atoms with Gasteiger partial charge in [0, 0.05) is 17.9 Å². The third-order valence-corrected chi connectivity index (χ3v) is 3.60. The van der Waals surface area contributed by atoms with E-state index in [1.807, 2.05) is 13.0 Å². The molecule has 0 heterocycles. The fraction of sp³-hybridized carbons (Fsp3) is 0.571. The molecule has 0 aromatic heterocycles. The molecule has 2 rings (SSSR count). The molecule has 4 heteroatoms. The summed E-state index contributed by atoms with van der Waals surface area (Å²) in [7, 11) is 0. The highest BCUT2D eigenvalue weighted by Gasteiger charge is 2.36. The monoisotopic (exact) mass is 274 g/mol. The molecular weight excluding hydrogens is 258 g/mol. The number of ether oxygens (including phenoxy) is 1. The Bertz CT molecular complexity index is 420. The summed E-state index contributed by atoms with van der Waals surface area (Å²) in [6.45, 7) is 2.26. The first-order valence-electron chi connectivity index (χ1n) is 6.23. The van der Waals surface area contributed by atoms with Crippen molar-refractivity contribution >= 4 is 11.6 Å². The third-order valence-electron chi connectivity index (χ3n) is 3.37. The molecule has 1 nitrogen and oxygen atoms in total. The number of aryl methyl sites for hydroxylation is 1. The first-order valence-corrected chi connectivity index (χ1v) is 6.61. The van der Waals surface area contributed by atoms with E-state index in [2.05, 4.69) is 0 Å². The van der Waals surface area contributed by atoms with Crippen LogP contribution in [0.1, 0.15) is 31.2 Å². The molecule has 0 aliphatic heterocycles. The van der Waals surface area contributed by atoms with Crippen molar-refractivity contribution in [2.45, 2.75) is 38.5 Å². The Morgan fingerprint density at radius 3 is 2.94 bits per heavy atom. The number of hydrogen-bond acceptors (Lipinski definition) is 1. The lowest BCUT2D eigenvalue weighted by Gasteiger charge is -2.28. The molecule has 1 aromatic rings. The lowest BCUT2D eigenvalue weighted by molar-refractivity contribution is -0.0585. The largest absolute Gasteiger partial charge is 0.493 e. The standard InChI is InChI=1S/C14H17ClF2O/c1-10-4-5-12(15)7-13(10)18-9-11-3-2-6-14(16,17)8-11/h4-5,7,11H,2-3,6,8-9H2,1H3. The van der Waals surface area contributed by atoms with Crippen LogP contribution in [0.4, 0.5) is 8.78 Å². The molecule has 0 bridgehead atoms. The minimum atomic E-state index is -2.52. The summed E-state index contributed by atoms with van der Waals surface area (Å²) < 4.78 is 32.1. The molecule has 1 unspecified atom stereocenters. The van der Waals surface area contributed by atoms with Gasteiger partial charge >= 0.3 is 0 Å². The van der Waals surface area contributed by atoms with E-state index in [1.165, 1.54) is 0 Å².